The van der Waals surface area contributed by atoms with Crippen molar-refractivity contribution in [3.8, 4) is 0 Å². The molecule has 0 aromatic rings. The second kappa shape index (κ2) is 4.00. The maximum atomic E-state index is 10.8. The lowest BCUT2D eigenvalue weighted by Crippen LogP contribution is -2.39. The van der Waals surface area contributed by atoms with Gasteiger partial charge >= 0.3 is 11.9 Å². The van der Waals surface area contributed by atoms with Gasteiger partial charge in [0.15, 0.2) is 0 Å². The maximum absolute atomic E-state index is 10.8. The molecule has 0 heterocycles. The highest BCUT2D eigenvalue weighted by Crippen LogP contribution is 2.31. The van der Waals surface area contributed by atoms with Crippen molar-refractivity contribution in [3.05, 3.63) is 0 Å². The molecule has 0 aliphatic heterocycles. The summed E-state index contributed by atoms with van der Waals surface area (Å²) in [6.45, 7) is 5.04. The molecule has 2 unspecified atom stereocenters. The van der Waals surface area contributed by atoms with E-state index in [1.165, 1.54) is 0 Å². The van der Waals surface area contributed by atoms with Gasteiger partial charge in [0.2, 0.25) is 0 Å². The first-order valence-electron chi connectivity index (χ1n) is 3.81. The van der Waals surface area contributed by atoms with E-state index in [0.29, 0.717) is 0 Å². The van der Waals surface area contributed by atoms with Gasteiger partial charge in [0.1, 0.15) is 5.25 Å². The van der Waals surface area contributed by atoms with E-state index in [9.17, 15) is 9.59 Å². The smallest absolute Gasteiger partial charge is 0.317 e. The van der Waals surface area contributed by atoms with E-state index in [0.717, 1.165) is 0 Å². The predicted molar refractivity (Wildman–Crippen MR) is 51.0 cm³/mol. The minimum atomic E-state index is -1.20. The Labute approximate surface area is 82.4 Å². The highest BCUT2D eigenvalue weighted by atomic mass is 32.1. The average molecular weight is 206 g/mol. The van der Waals surface area contributed by atoms with Gasteiger partial charge in [0, 0.05) is 0 Å². The molecule has 0 aromatic carbocycles. The number of aliphatic carboxylic acids is 2. The SMILES string of the molecule is CC(C)(C)C(C(=O)O)C(S)C(=O)O. The van der Waals surface area contributed by atoms with Crippen LogP contribution < -0.4 is 0 Å². The Bertz CT molecular complexity index is 219. The quantitative estimate of drug-likeness (QED) is 0.605. The largest absolute Gasteiger partial charge is 0.481 e. The predicted octanol–water partition coefficient (Wildman–Crippen LogP) is 1.12. The molecule has 0 aliphatic rings. The molecule has 0 aliphatic carbocycles. The van der Waals surface area contributed by atoms with Crippen molar-refractivity contribution in [1.82, 2.24) is 0 Å². The molecule has 4 nitrogen and oxygen atoms in total. The molecule has 2 N–H and O–H groups in total. The fourth-order valence-corrected chi connectivity index (χ4v) is 1.70. The monoisotopic (exact) mass is 206 g/mol. The topological polar surface area (TPSA) is 74.6 Å². The summed E-state index contributed by atoms with van der Waals surface area (Å²) in [5, 5.41) is 16.3. The van der Waals surface area contributed by atoms with Crippen molar-refractivity contribution in [2.24, 2.45) is 11.3 Å². The maximum Gasteiger partial charge on any atom is 0.317 e. The van der Waals surface area contributed by atoms with E-state index in [4.69, 9.17) is 10.2 Å². The van der Waals surface area contributed by atoms with Crippen molar-refractivity contribution in [2.75, 3.05) is 0 Å². The average Bonchev–Trinajstić information content (AvgIpc) is 1.82. The van der Waals surface area contributed by atoms with Crippen LogP contribution in [0.3, 0.4) is 0 Å². The minimum absolute atomic E-state index is 0.614. The lowest BCUT2D eigenvalue weighted by molar-refractivity contribution is -0.151. The third kappa shape index (κ3) is 3.26. The third-order valence-electron chi connectivity index (χ3n) is 1.77. The van der Waals surface area contributed by atoms with Gasteiger partial charge in [-0.3, -0.25) is 9.59 Å². The van der Waals surface area contributed by atoms with Crippen LogP contribution in [0.2, 0.25) is 0 Å². The molecule has 0 fully saturated rings. The molecule has 0 rings (SSSR count). The number of carbonyl (C=O) groups is 2. The summed E-state index contributed by atoms with van der Waals surface area (Å²) in [7, 11) is 0. The first-order valence-corrected chi connectivity index (χ1v) is 4.33. The summed E-state index contributed by atoms with van der Waals surface area (Å²) < 4.78 is 0. The normalized spacial score (nSPS) is 16.3. The molecule has 0 saturated carbocycles. The van der Waals surface area contributed by atoms with Gasteiger partial charge in [-0.25, -0.2) is 0 Å². The molecule has 2 atom stereocenters. The molecule has 0 aromatic heterocycles. The second-order valence-corrected chi connectivity index (χ2v) is 4.52. The van der Waals surface area contributed by atoms with Gasteiger partial charge in [0.25, 0.3) is 0 Å². The van der Waals surface area contributed by atoms with Crippen LogP contribution in [0.5, 0.6) is 0 Å². The number of thiol groups is 1. The summed E-state index contributed by atoms with van der Waals surface area (Å²) in [6.07, 6.45) is 0. The molecule has 0 saturated heterocycles. The lowest BCUT2D eigenvalue weighted by Gasteiger charge is -2.29. The molecule has 0 spiro atoms. The Morgan fingerprint density at radius 2 is 1.54 bits per heavy atom. The van der Waals surface area contributed by atoms with Gasteiger partial charge in [-0.1, -0.05) is 20.8 Å². The zero-order valence-corrected chi connectivity index (χ0v) is 8.71. The van der Waals surface area contributed by atoms with E-state index in [2.05, 4.69) is 12.6 Å². The minimum Gasteiger partial charge on any atom is -0.481 e. The molecular weight excluding hydrogens is 192 g/mol. The van der Waals surface area contributed by atoms with Gasteiger partial charge < -0.3 is 10.2 Å². The Morgan fingerprint density at radius 3 is 1.62 bits per heavy atom. The molecule has 0 bridgehead atoms. The molecule has 13 heavy (non-hydrogen) atoms. The standard InChI is InChI=1S/C8H14O4S/c1-8(2,3)4(6(9)10)5(13)7(11)12/h4-5,13H,1-3H3,(H,9,10)(H,11,12). The van der Waals surface area contributed by atoms with Gasteiger partial charge in [-0.15, -0.1) is 0 Å². The van der Waals surface area contributed by atoms with Crippen molar-refractivity contribution < 1.29 is 19.8 Å². The molecule has 0 radical (unpaired) electrons. The summed E-state index contributed by atoms with van der Waals surface area (Å²) in [6, 6.07) is 0. The number of carboxylic acids is 2. The van der Waals surface area contributed by atoms with E-state index >= 15 is 0 Å². The summed E-state index contributed by atoms with van der Waals surface area (Å²) in [4.78, 5) is 21.3. The van der Waals surface area contributed by atoms with Crippen molar-refractivity contribution in [2.45, 2.75) is 26.0 Å². The zero-order chi connectivity index (χ0) is 10.8. The lowest BCUT2D eigenvalue weighted by atomic mass is 9.78. The molecular formula is C8H14O4S. The first-order chi connectivity index (χ1) is 5.68. The molecule has 0 amide bonds. The number of rotatable bonds is 3. The van der Waals surface area contributed by atoms with E-state index < -0.39 is 28.5 Å². The fraction of sp³-hybridized carbons (Fsp3) is 0.750. The van der Waals surface area contributed by atoms with Gasteiger partial charge in [-0.05, 0) is 5.41 Å². The highest BCUT2D eigenvalue weighted by Gasteiger charge is 2.39. The summed E-state index contributed by atoms with van der Waals surface area (Å²) in [5.41, 5.74) is -0.614. The van der Waals surface area contributed by atoms with Gasteiger partial charge in [0.05, 0.1) is 5.92 Å². The van der Waals surface area contributed by atoms with Crippen molar-refractivity contribution in [1.29, 1.82) is 0 Å². The molecule has 76 valence electrons. The number of carboxylic acid groups (broad SMARTS) is 2. The third-order valence-corrected chi connectivity index (χ3v) is 2.29. The Kier molecular flexibility index (Phi) is 3.78. The van der Waals surface area contributed by atoms with E-state index in [-0.39, 0.29) is 0 Å². The van der Waals surface area contributed by atoms with Crippen molar-refractivity contribution >= 4 is 24.6 Å². The number of hydrogen-bond acceptors (Lipinski definition) is 3. The second-order valence-electron chi connectivity index (χ2n) is 3.97. The van der Waals surface area contributed by atoms with E-state index in [1.54, 1.807) is 20.8 Å². The zero-order valence-electron chi connectivity index (χ0n) is 7.81. The number of hydrogen-bond donors (Lipinski definition) is 3. The van der Waals surface area contributed by atoms with Crippen LogP contribution in [0.25, 0.3) is 0 Å². The van der Waals surface area contributed by atoms with Crippen LogP contribution >= 0.6 is 12.6 Å². The fourth-order valence-electron chi connectivity index (χ4n) is 1.12. The Morgan fingerprint density at radius 1 is 1.15 bits per heavy atom. The van der Waals surface area contributed by atoms with Crippen LogP contribution in [0, 0.1) is 11.3 Å². The van der Waals surface area contributed by atoms with Crippen molar-refractivity contribution in [3.63, 3.8) is 0 Å². The highest BCUT2D eigenvalue weighted by molar-refractivity contribution is 7.81. The van der Waals surface area contributed by atoms with E-state index in [1.807, 2.05) is 0 Å². The van der Waals surface area contributed by atoms with Crippen LogP contribution in [-0.2, 0) is 9.59 Å². The summed E-state index contributed by atoms with van der Waals surface area (Å²) in [5.74, 6) is -3.33. The first kappa shape index (κ1) is 12.3. The molecule has 5 heteroatoms. The van der Waals surface area contributed by atoms with Crippen LogP contribution in [0.15, 0.2) is 0 Å². The Hall–Kier alpha value is -0.710. The van der Waals surface area contributed by atoms with Crippen LogP contribution in [0.4, 0.5) is 0 Å². The Balaban J connectivity index is 4.83. The van der Waals surface area contributed by atoms with Gasteiger partial charge in [-0.2, -0.15) is 12.6 Å². The van der Waals surface area contributed by atoms with Crippen LogP contribution in [-0.4, -0.2) is 27.4 Å². The van der Waals surface area contributed by atoms with Crippen LogP contribution in [0.1, 0.15) is 20.8 Å². The summed E-state index contributed by atoms with van der Waals surface area (Å²) >= 11 is 3.77.